The molecule has 1 aromatic rings. The van der Waals surface area contributed by atoms with E-state index >= 15 is 0 Å². The van der Waals surface area contributed by atoms with E-state index in [0.29, 0.717) is 13.1 Å². The van der Waals surface area contributed by atoms with E-state index in [1.165, 1.54) is 24.0 Å². The normalized spacial score (nSPS) is 15.7. The molecule has 0 atom stereocenters. The Morgan fingerprint density at radius 2 is 1.64 bits per heavy atom. The molecule has 1 aromatic carbocycles. The lowest BCUT2D eigenvalue weighted by molar-refractivity contribution is -0.136. The molecule has 2 rings (SSSR count). The molecule has 1 heterocycles. The minimum atomic E-state index is -4.02. The Bertz CT molecular complexity index is 682. The second-order valence-corrected chi connectivity index (χ2v) is 7.03. The average molecular weight is 328 g/mol. The lowest BCUT2D eigenvalue weighted by Crippen LogP contribution is -2.51. The van der Waals surface area contributed by atoms with E-state index in [2.05, 4.69) is 0 Å². The highest BCUT2D eigenvalue weighted by Crippen LogP contribution is 2.16. The molecule has 8 heteroatoms. The van der Waals surface area contributed by atoms with Gasteiger partial charge in [0.15, 0.2) is 9.84 Å². The Morgan fingerprint density at radius 1 is 1.09 bits per heavy atom. The maximum Gasteiger partial charge on any atom is 0.238 e. The first-order valence-corrected chi connectivity index (χ1v) is 8.47. The molecule has 1 aliphatic rings. The molecular formula is C14H17FN2O4S. The zero-order valence-electron chi connectivity index (χ0n) is 12.2. The first-order valence-electron chi connectivity index (χ1n) is 6.82. The Morgan fingerprint density at radius 3 is 2.18 bits per heavy atom. The summed E-state index contributed by atoms with van der Waals surface area (Å²) in [6, 6.07) is 4.98. The van der Waals surface area contributed by atoms with Gasteiger partial charge in [0, 0.05) is 33.1 Å². The number of sulfone groups is 1. The number of halogens is 1. The third-order valence-corrected chi connectivity index (χ3v) is 5.19. The highest BCUT2D eigenvalue weighted by atomic mass is 32.2. The van der Waals surface area contributed by atoms with Crippen LogP contribution < -0.4 is 0 Å². The first-order chi connectivity index (χ1) is 10.3. The van der Waals surface area contributed by atoms with Crippen molar-refractivity contribution in [2.24, 2.45) is 0 Å². The van der Waals surface area contributed by atoms with Crippen LogP contribution in [0.15, 0.2) is 29.2 Å². The Hall–Kier alpha value is -1.96. The number of nitrogens with zero attached hydrogens (tertiary/aromatic N) is 2. The van der Waals surface area contributed by atoms with E-state index < -0.39 is 32.2 Å². The number of carbonyl (C=O) groups excluding carboxylic acids is 2. The molecule has 0 spiro atoms. The van der Waals surface area contributed by atoms with Crippen LogP contribution in [0.25, 0.3) is 0 Å². The predicted octanol–water partition coefficient (Wildman–Crippen LogP) is 0.290. The molecule has 120 valence electrons. The van der Waals surface area contributed by atoms with E-state index in [1.54, 1.807) is 4.90 Å². The molecule has 1 saturated heterocycles. The number of piperazine rings is 1. The first kappa shape index (κ1) is 16.4. The molecule has 0 saturated carbocycles. The van der Waals surface area contributed by atoms with E-state index in [0.717, 1.165) is 12.1 Å². The summed E-state index contributed by atoms with van der Waals surface area (Å²) in [7, 11) is -4.02. The molecule has 6 nitrogen and oxygen atoms in total. The van der Waals surface area contributed by atoms with Crippen LogP contribution >= 0.6 is 0 Å². The smallest absolute Gasteiger partial charge is 0.238 e. The summed E-state index contributed by atoms with van der Waals surface area (Å²) in [5.74, 6) is -2.29. The SMILES string of the molecule is CC(=O)N1CCN(C(=O)CS(=O)(=O)c2ccccc2F)CC1. The molecule has 1 fully saturated rings. The number of benzene rings is 1. The van der Waals surface area contributed by atoms with Gasteiger partial charge in [-0.2, -0.15) is 0 Å². The van der Waals surface area contributed by atoms with Crippen LogP contribution in [-0.4, -0.2) is 62.0 Å². The number of hydrogen-bond donors (Lipinski definition) is 0. The van der Waals surface area contributed by atoms with Gasteiger partial charge < -0.3 is 9.80 Å². The lowest BCUT2D eigenvalue weighted by atomic mass is 10.3. The van der Waals surface area contributed by atoms with Crippen molar-refractivity contribution >= 4 is 21.7 Å². The molecule has 0 aromatic heterocycles. The topological polar surface area (TPSA) is 74.8 Å². The van der Waals surface area contributed by atoms with E-state index in [1.807, 2.05) is 0 Å². The summed E-state index contributed by atoms with van der Waals surface area (Å²) in [4.78, 5) is 25.8. The minimum Gasteiger partial charge on any atom is -0.339 e. The monoisotopic (exact) mass is 328 g/mol. The van der Waals surface area contributed by atoms with Crippen LogP contribution in [0.3, 0.4) is 0 Å². The van der Waals surface area contributed by atoms with E-state index in [9.17, 15) is 22.4 Å². The van der Waals surface area contributed by atoms with Crippen molar-refractivity contribution in [1.29, 1.82) is 0 Å². The summed E-state index contributed by atoms with van der Waals surface area (Å²) >= 11 is 0. The van der Waals surface area contributed by atoms with Gasteiger partial charge in [-0.15, -0.1) is 0 Å². The number of amides is 2. The number of carbonyl (C=O) groups is 2. The van der Waals surface area contributed by atoms with Crippen molar-refractivity contribution in [2.75, 3.05) is 31.9 Å². The Labute approximate surface area is 128 Å². The second kappa shape index (κ2) is 6.43. The van der Waals surface area contributed by atoms with Crippen molar-refractivity contribution < 1.29 is 22.4 Å². The molecule has 0 aliphatic carbocycles. The van der Waals surface area contributed by atoms with Gasteiger partial charge in [0.05, 0.1) is 0 Å². The summed E-state index contributed by atoms with van der Waals surface area (Å²) < 4.78 is 37.8. The second-order valence-electron chi connectivity index (χ2n) is 5.08. The molecule has 2 amide bonds. The maximum absolute atomic E-state index is 13.6. The maximum atomic E-state index is 13.6. The van der Waals surface area contributed by atoms with Crippen molar-refractivity contribution in [2.45, 2.75) is 11.8 Å². The van der Waals surface area contributed by atoms with E-state index in [-0.39, 0.29) is 19.0 Å². The van der Waals surface area contributed by atoms with Gasteiger partial charge in [0.2, 0.25) is 11.8 Å². The van der Waals surface area contributed by atoms with Gasteiger partial charge in [-0.1, -0.05) is 12.1 Å². The van der Waals surface area contributed by atoms with Crippen molar-refractivity contribution in [3.63, 3.8) is 0 Å². The predicted molar refractivity (Wildman–Crippen MR) is 77.3 cm³/mol. The summed E-state index contributed by atoms with van der Waals surface area (Å²) in [6.45, 7) is 2.76. The van der Waals surface area contributed by atoms with E-state index in [4.69, 9.17) is 0 Å². The van der Waals surface area contributed by atoms with Gasteiger partial charge in [-0.25, -0.2) is 12.8 Å². The molecule has 0 unspecified atom stereocenters. The average Bonchev–Trinajstić information content (AvgIpc) is 2.47. The molecule has 0 radical (unpaired) electrons. The fourth-order valence-corrected chi connectivity index (χ4v) is 3.61. The van der Waals surface area contributed by atoms with Gasteiger partial charge in [0.25, 0.3) is 0 Å². The fraction of sp³-hybridized carbons (Fsp3) is 0.429. The third kappa shape index (κ3) is 3.62. The molecular weight excluding hydrogens is 311 g/mol. The van der Waals surface area contributed by atoms with Gasteiger partial charge in [0.1, 0.15) is 16.5 Å². The third-order valence-electron chi connectivity index (χ3n) is 3.56. The highest BCUT2D eigenvalue weighted by Gasteiger charge is 2.28. The quantitative estimate of drug-likeness (QED) is 0.799. The molecule has 22 heavy (non-hydrogen) atoms. The fourth-order valence-electron chi connectivity index (χ4n) is 2.30. The van der Waals surface area contributed by atoms with Crippen molar-refractivity contribution in [3.05, 3.63) is 30.1 Å². The number of rotatable bonds is 3. The Kier molecular flexibility index (Phi) is 4.80. The zero-order chi connectivity index (χ0) is 16.3. The van der Waals surface area contributed by atoms with Crippen LogP contribution in [0.1, 0.15) is 6.92 Å². The zero-order valence-corrected chi connectivity index (χ0v) is 13.0. The van der Waals surface area contributed by atoms with Gasteiger partial charge in [-0.3, -0.25) is 9.59 Å². The van der Waals surface area contributed by atoms with Crippen molar-refractivity contribution in [3.8, 4) is 0 Å². The number of hydrogen-bond acceptors (Lipinski definition) is 4. The van der Waals surface area contributed by atoms with Crippen LogP contribution in [0.4, 0.5) is 4.39 Å². The van der Waals surface area contributed by atoms with Crippen LogP contribution in [-0.2, 0) is 19.4 Å². The largest absolute Gasteiger partial charge is 0.339 e. The summed E-state index contributed by atoms with van der Waals surface area (Å²) in [5, 5.41) is 0. The van der Waals surface area contributed by atoms with Crippen molar-refractivity contribution in [1.82, 2.24) is 9.80 Å². The highest BCUT2D eigenvalue weighted by molar-refractivity contribution is 7.92. The van der Waals surface area contributed by atoms with Gasteiger partial charge in [-0.05, 0) is 12.1 Å². The standard InChI is InChI=1S/C14H17FN2O4S/c1-11(18)16-6-8-17(9-7-16)14(19)10-22(20,21)13-5-3-2-4-12(13)15/h2-5H,6-10H2,1H3. The van der Waals surface area contributed by atoms with Crippen LogP contribution in [0, 0.1) is 5.82 Å². The van der Waals surface area contributed by atoms with Crippen LogP contribution in [0.5, 0.6) is 0 Å². The lowest BCUT2D eigenvalue weighted by Gasteiger charge is -2.34. The minimum absolute atomic E-state index is 0.0777. The summed E-state index contributed by atoms with van der Waals surface area (Å²) in [5.41, 5.74) is 0. The Balaban J connectivity index is 2.03. The van der Waals surface area contributed by atoms with Gasteiger partial charge >= 0.3 is 0 Å². The summed E-state index contributed by atoms with van der Waals surface area (Å²) in [6.07, 6.45) is 0. The molecule has 0 bridgehead atoms. The molecule has 0 N–H and O–H groups in total. The molecule has 1 aliphatic heterocycles. The van der Waals surface area contributed by atoms with Crippen LogP contribution in [0.2, 0.25) is 0 Å².